The van der Waals surface area contributed by atoms with Gasteiger partial charge in [-0.25, -0.2) is 14.6 Å². The number of rotatable bonds is 10. The van der Waals surface area contributed by atoms with Gasteiger partial charge < -0.3 is 19.7 Å². The molecule has 1 N–H and O–H groups in total. The molecule has 0 aliphatic rings. The highest BCUT2D eigenvalue weighted by Gasteiger charge is 2.17. The summed E-state index contributed by atoms with van der Waals surface area (Å²) >= 11 is 1.35. The fourth-order valence-electron chi connectivity index (χ4n) is 1.86. The van der Waals surface area contributed by atoms with Gasteiger partial charge in [-0.3, -0.25) is 0 Å². The summed E-state index contributed by atoms with van der Waals surface area (Å²) < 4.78 is 10.2. The number of aromatic nitrogens is 1. The van der Waals surface area contributed by atoms with Crippen LogP contribution in [0.1, 0.15) is 42.7 Å². The number of hydrogen-bond acceptors (Lipinski definition) is 6. The average Bonchev–Trinajstić information content (AvgIpc) is 2.99. The number of carbonyl (C=O) groups is 2. The predicted octanol–water partition coefficient (Wildman–Crippen LogP) is 2.28. The zero-order valence-electron chi connectivity index (χ0n) is 14.0. The van der Waals surface area contributed by atoms with Crippen LogP contribution >= 0.6 is 11.3 Å². The standard InChI is InChI=1S/C15H25N3O4S/c1-4-16-15(20)18(8-7-9-21-5-2)10-13-17-12(11-23-13)14(19)22-6-3/h11H,4-10H2,1-3H3,(H,16,20). The molecular weight excluding hydrogens is 318 g/mol. The zero-order chi connectivity index (χ0) is 17.1. The van der Waals surface area contributed by atoms with E-state index in [1.807, 2.05) is 13.8 Å². The second kappa shape index (κ2) is 11.0. The molecule has 0 aromatic carbocycles. The van der Waals surface area contributed by atoms with Crippen LogP contribution in [-0.2, 0) is 16.0 Å². The second-order valence-electron chi connectivity index (χ2n) is 4.65. The van der Waals surface area contributed by atoms with Gasteiger partial charge in [-0.1, -0.05) is 0 Å². The summed E-state index contributed by atoms with van der Waals surface area (Å²) in [4.78, 5) is 29.7. The molecule has 2 amide bonds. The molecule has 7 nitrogen and oxygen atoms in total. The summed E-state index contributed by atoms with van der Waals surface area (Å²) in [5.41, 5.74) is 0.289. The van der Waals surface area contributed by atoms with Gasteiger partial charge in [-0.2, -0.15) is 0 Å². The molecule has 0 spiro atoms. The van der Waals surface area contributed by atoms with Crippen molar-refractivity contribution in [2.45, 2.75) is 33.7 Å². The molecule has 0 fully saturated rings. The number of amides is 2. The molecule has 0 saturated carbocycles. The quantitative estimate of drug-likeness (QED) is 0.521. The molecule has 1 heterocycles. The molecule has 8 heteroatoms. The van der Waals surface area contributed by atoms with Gasteiger partial charge in [0.25, 0.3) is 0 Å². The van der Waals surface area contributed by atoms with Crippen molar-refractivity contribution in [3.05, 3.63) is 16.1 Å². The molecule has 0 aliphatic carbocycles. The molecular formula is C15H25N3O4S. The van der Waals surface area contributed by atoms with Gasteiger partial charge in [0.2, 0.25) is 0 Å². The lowest BCUT2D eigenvalue weighted by Gasteiger charge is -2.21. The van der Waals surface area contributed by atoms with Crippen LogP contribution in [-0.4, -0.2) is 54.8 Å². The van der Waals surface area contributed by atoms with E-state index in [1.165, 1.54) is 11.3 Å². The number of thiazole rings is 1. The van der Waals surface area contributed by atoms with Gasteiger partial charge in [0.15, 0.2) is 5.69 Å². The van der Waals surface area contributed by atoms with E-state index in [-0.39, 0.29) is 11.7 Å². The van der Waals surface area contributed by atoms with Crippen LogP contribution in [0.5, 0.6) is 0 Å². The SMILES string of the molecule is CCNC(=O)N(CCCOCC)Cc1nc(C(=O)OCC)cs1. The minimum absolute atomic E-state index is 0.142. The lowest BCUT2D eigenvalue weighted by molar-refractivity contribution is 0.0520. The highest BCUT2D eigenvalue weighted by Crippen LogP contribution is 2.14. The van der Waals surface area contributed by atoms with E-state index >= 15 is 0 Å². The highest BCUT2D eigenvalue weighted by molar-refractivity contribution is 7.09. The first kappa shape index (κ1) is 19.4. The third-order valence-electron chi connectivity index (χ3n) is 2.90. The van der Waals surface area contributed by atoms with Crippen LogP contribution in [0.4, 0.5) is 4.79 Å². The molecule has 0 bridgehead atoms. The van der Waals surface area contributed by atoms with E-state index < -0.39 is 5.97 Å². The van der Waals surface area contributed by atoms with Gasteiger partial charge in [0.1, 0.15) is 5.01 Å². The van der Waals surface area contributed by atoms with Gasteiger partial charge in [0.05, 0.1) is 13.2 Å². The van der Waals surface area contributed by atoms with E-state index in [0.29, 0.717) is 44.5 Å². The topological polar surface area (TPSA) is 80.8 Å². The van der Waals surface area contributed by atoms with E-state index in [0.717, 1.165) is 6.42 Å². The van der Waals surface area contributed by atoms with E-state index in [2.05, 4.69) is 10.3 Å². The first-order chi connectivity index (χ1) is 11.1. The molecule has 0 aliphatic heterocycles. The maximum atomic E-state index is 12.1. The van der Waals surface area contributed by atoms with Crippen molar-refractivity contribution in [1.29, 1.82) is 0 Å². The van der Waals surface area contributed by atoms with Crippen molar-refractivity contribution in [3.8, 4) is 0 Å². The lowest BCUT2D eigenvalue weighted by atomic mass is 10.4. The minimum Gasteiger partial charge on any atom is -0.461 e. The van der Waals surface area contributed by atoms with Gasteiger partial charge in [0, 0.05) is 31.7 Å². The zero-order valence-corrected chi connectivity index (χ0v) is 14.8. The Balaban J connectivity index is 2.64. The van der Waals surface area contributed by atoms with Crippen LogP contribution < -0.4 is 5.32 Å². The Morgan fingerprint density at radius 1 is 1.30 bits per heavy atom. The Kier molecular flexibility index (Phi) is 9.23. The summed E-state index contributed by atoms with van der Waals surface area (Å²) in [6, 6.07) is -0.142. The van der Waals surface area contributed by atoms with Crippen LogP contribution in [0.15, 0.2) is 5.38 Å². The predicted molar refractivity (Wildman–Crippen MR) is 88.7 cm³/mol. The fourth-order valence-corrected chi connectivity index (χ4v) is 2.64. The van der Waals surface area contributed by atoms with Crippen LogP contribution in [0, 0.1) is 0 Å². The molecule has 1 aromatic rings. The van der Waals surface area contributed by atoms with Crippen molar-refractivity contribution < 1.29 is 19.1 Å². The van der Waals surface area contributed by atoms with Crippen LogP contribution in [0.2, 0.25) is 0 Å². The van der Waals surface area contributed by atoms with Crippen LogP contribution in [0.3, 0.4) is 0 Å². The van der Waals surface area contributed by atoms with Gasteiger partial charge in [-0.05, 0) is 27.2 Å². The number of hydrogen-bond donors (Lipinski definition) is 1. The second-order valence-corrected chi connectivity index (χ2v) is 5.60. The number of urea groups is 1. The molecule has 0 unspecified atom stereocenters. The Hall–Kier alpha value is -1.67. The third kappa shape index (κ3) is 6.96. The molecule has 0 radical (unpaired) electrons. The van der Waals surface area contributed by atoms with Gasteiger partial charge in [-0.15, -0.1) is 11.3 Å². The van der Waals surface area contributed by atoms with Crippen molar-refractivity contribution in [3.63, 3.8) is 0 Å². The Labute approximate surface area is 141 Å². The number of ether oxygens (including phenoxy) is 2. The normalized spacial score (nSPS) is 10.4. The van der Waals surface area contributed by atoms with Crippen molar-refractivity contribution in [2.24, 2.45) is 0 Å². The highest BCUT2D eigenvalue weighted by atomic mass is 32.1. The summed E-state index contributed by atoms with van der Waals surface area (Å²) in [5.74, 6) is -0.434. The van der Waals surface area contributed by atoms with E-state index in [4.69, 9.17) is 9.47 Å². The largest absolute Gasteiger partial charge is 0.461 e. The molecule has 23 heavy (non-hydrogen) atoms. The molecule has 130 valence electrons. The van der Waals surface area contributed by atoms with Crippen LogP contribution in [0.25, 0.3) is 0 Å². The minimum atomic E-state index is -0.434. The summed E-state index contributed by atoms with van der Waals surface area (Å²) in [7, 11) is 0. The summed E-state index contributed by atoms with van der Waals surface area (Å²) in [5, 5.41) is 5.15. The number of carbonyl (C=O) groups excluding carboxylic acids is 2. The maximum Gasteiger partial charge on any atom is 0.357 e. The summed E-state index contributed by atoms with van der Waals surface area (Å²) in [6.07, 6.45) is 0.751. The average molecular weight is 343 g/mol. The first-order valence-corrected chi connectivity index (χ1v) is 8.72. The maximum absolute atomic E-state index is 12.1. The van der Waals surface area contributed by atoms with Crippen molar-refractivity contribution in [1.82, 2.24) is 15.2 Å². The fraction of sp³-hybridized carbons (Fsp3) is 0.667. The Morgan fingerprint density at radius 2 is 2.09 bits per heavy atom. The summed E-state index contributed by atoms with van der Waals surface area (Å²) in [6.45, 7) is 8.64. The van der Waals surface area contributed by atoms with E-state index in [1.54, 1.807) is 17.2 Å². The van der Waals surface area contributed by atoms with Crippen molar-refractivity contribution >= 4 is 23.3 Å². The molecule has 0 saturated heterocycles. The molecule has 1 aromatic heterocycles. The Bertz CT molecular complexity index is 493. The van der Waals surface area contributed by atoms with Gasteiger partial charge >= 0.3 is 12.0 Å². The first-order valence-electron chi connectivity index (χ1n) is 7.84. The van der Waals surface area contributed by atoms with Crippen molar-refractivity contribution in [2.75, 3.05) is 32.9 Å². The lowest BCUT2D eigenvalue weighted by Crippen LogP contribution is -2.40. The number of nitrogens with zero attached hydrogens (tertiary/aromatic N) is 2. The number of esters is 1. The van der Waals surface area contributed by atoms with E-state index in [9.17, 15) is 9.59 Å². The Morgan fingerprint density at radius 3 is 2.74 bits per heavy atom. The third-order valence-corrected chi connectivity index (χ3v) is 3.73. The molecule has 0 atom stereocenters. The smallest absolute Gasteiger partial charge is 0.357 e. The number of nitrogens with one attached hydrogen (secondary N) is 1. The monoisotopic (exact) mass is 343 g/mol. The molecule has 1 rings (SSSR count).